The van der Waals surface area contributed by atoms with Crippen LogP contribution in [0, 0.1) is 34.5 Å². The molecule has 20 heavy (non-hydrogen) atoms. The normalized spacial score (nSPS) is 57.8. The molecule has 0 aromatic heterocycles. The van der Waals surface area contributed by atoms with Gasteiger partial charge in [0.2, 0.25) is 11.6 Å². The second-order valence-electron chi connectivity index (χ2n) is 5.60. The molecule has 3 fully saturated rings. The summed E-state index contributed by atoms with van der Waals surface area (Å²) in [5.74, 6) is -2.37. The topological polar surface area (TPSA) is 94.2 Å². The maximum atomic E-state index is 12.7. The summed E-state index contributed by atoms with van der Waals surface area (Å²) in [5.41, 5.74) is -4.20. The van der Waals surface area contributed by atoms with Crippen molar-refractivity contribution in [3.05, 3.63) is 12.2 Å². The number of ether oxygens (including phenoxy) is 1. The fourth-order valence-electron chi connectivity index (χ4n) is 3.93. The van der Waals surface area contributed by atoms with Crippen LogP contribution in [0.5, 0.6) is 0 Å². The molecule has 0 spiro atoms. The van der Waals surface area contributed by atoms with Gasteiger partial charge in [0.1, 0.15) is 21.9 Å². The van der Waals surface area contributed by atoms with Gasteiger partial charge in [-0.25, -0.2) is 0 Å². The number of nitrogens with zero attached hydrogens (tertiary/aromatic N) is 2. The second kappa shape index (κ2) is 2.94. The third kappa shape index (κ3) is 0.788. The van der Waals surface area contributed by atoms with Crippen molar-refractivity contribution in [1.82, 2.24) is 0 Å². The summed E-state index contributed by atoms with van der Waals surface area (Å²) in [4.78, 5) is 22.0. The van der Waals surface area contributed by atoms with E-state index in [9.17, 15) is 20.1 Å². The smallest absolute Gasteiger partial charge is 0.266 e. The number of epoxide rings is 1. The van der Waals surface area contributed by atoms with Crippen LogP contribution in [0.25, 0.3) is 0 Å². The van der Waals surface area contributed by atoms with Crippen LogP contribution in [0.4, 0.5) is 0 Å². The Hall–Kier alpha value is -1.40. The SMILES string of the molecule is N#CC12OC1(C#N)C(=O)C1(Cl)C3C=CC(C3)C1(Cl)C2=O. The van der Waals surface area contributed by atoms with Gasteiger partial charge in [0.25, 0.3) is 11.2 Å². The zero-order chi connectivity index (χ0) is 14.6. The molecule has 0 amide bonds. The molecule has 0 aromatic rings. The van der Waals surface area contributed by atoms with E-state index in [1.54, 1.807) is 24.3 Å². The van der Waals surface area contributed by atoms with E-state index in [0.29, 0.717) is 6.42 Å². The number of Topliss-reactive ketones (excluding diaryl/α,β-unsaturated/α-hetero) is 2. The van der Waals surface area contributed by atoms with Gasteiger partial charge in [0.15, 0.2) is 0 Å². The molecule has 7 heteroatoms. The highest BCUT2D eigenvalue weighted by molar-refractivity contribution is 6.55. The number of rotatable bonds is 0. The summed E-state index contributed by atoms with van der Waals surface area (Å²) in [6.45, 7) is 0. The quantitative estimate of drug-likeness (QED) is 0.376. The minimum absolute atomic E-state index is 0.422. The van der Waals surface area contributed by atoms with Gasteiger partial charge in [0.05, 0.1) is 0 Å². The van der Waals surface area contributed by atoms with Crippen LogP contribution in [0.1, 0.15) is 6.42 Å². The van der Waals surface area contributed by atoms with Gasteiger partial charge in [0, 0.05) is 11.8 Å². The standard InChI is InChI=1S/C13H6Cl2N2O3/c14-12-6-1-2-7(3-6)13(12,15)9(19)11(5-17)10(4-16,20-11)8(12)18/h1-2,6-7H,3H2. The van der Waals surface area contributed by atoms with Crippen molar-refractivity contribution < 1.29 is 14.3 Å². The summed E-state index contributed by atoms with van der Waals surface area (Å²) < 4.78 is 5.05. The molecule has 4 aliphatic rings. The zero-order valence-corrected chi connectivity index (χ0v) is 11.4. The first-order chi connectivity index (χ1) is 9.35. The predicted octanol–water partition coefficient (Wildman–Crippen LogP) is 0.854. The Bertz CT molecular complexity index is 664. The molecule has 1 aliphatic heterocycles. The number of hydrogen-bond donors (Lipinski definition) is 0. The van der Waals surface area contributed by atoms with Crippen LogP contribution >= 0.6 is 23.2 Å². The summed E-state index contributed by atoms with van der Waals surface area (Å²) in [5, 5.41) is 18.5. The van der Waals surface area contributed by atoms with Gasteiger partial charge in [-0.2, -0.15) is 10.5 Å². The fraction of sp³-hybridized carbons (Fsp3) is 0.538. The molecule has 2 bridgehead atoms. The van der Waals surface area contributed by atoms with E-state index >= 15 is 0 Å². The average molecular weight is 309 g/mol. The minimum Gasteiger partial charge on any atom is -0.316 e. The van der Waals surface area contributed by atoms with Crippen LogP contribution in [0.15, 0.2) is 12.2 Å². The van der Waals surface area contributed by atoms with Crippen molar-refractivity contribution in [3.8, 4) is 12.1 Å². The van der Waals surface area contributed by atoms with Gasteiger partial charge in [-0.1, -0.05) is 12.2 Å². The van der Waals surface area contributed by atoms with Crippen molar-refractivity contribution in [2.45, 2.75) is 27.4 Å². The lowest BCUT2D eigenvalue weighted by atomic mass is 9.62. The molecule has 3 aliphatic carbocycles. The summed E-state index contributed by atoms with van der Waals surface area (Å²) in [6, 6.07) is 3.32. The zero-order valence-electron chi connectivity index (χ0n) is 9.89. The van der Waals surface area contributed by atoms with Crippen molar-refractivity contribution >= 4 is 34.8 Å². The van der Waals surface area contributed by atoms with E-state index in [0.717, 1.165) is 0 Å². The van der Waals surface area contributed by atoms with Crippen LogP contribution in [-0.4, -0.2) is 32.5 Å². The highest BCUT2D eigenvalue weighted by atomic mass is 35.5. The van der Waals surface area contributed by atoms with E-state index in [1.165, 1.54) is 0 Å². The predicted molar refractivity (Wildman–Crippen MR) is 65.7 cm³/mol. The maximum Gasteiger partial charge on any atom is 0.266 e. The first kappa shape index (κ1) is 12.3. The van der Waals surface area contributed by atoms with E-state index < -0.39 is 44.4 Å². The number of allylic oxidation sites excluding steroid dienone is 2. The Morgan fingerprint density at radius 3 is 1.80 bits per heavy atom. The van der Waals surface area contributed by atoms with Gasteiger partial charge >= 0.3 is 0 Å². The van der Waals surface area contributed by atoms with Gasteiger partial charge in [-0.05, 0) is 6.42 Å². The van der Waals surface area contributed by atoms with Crippen LogP contribution < -0.4 is 0 Å². The minimum atomic E-state index is -2.10. The molecule has 100 valence electrons. The number of carbonyl (C=O) groups is 2. The number of halogens is 2. The first-order valence-electron chi connectivity index (χ1n) is 6.04. The summed E-state index contributed by atoms with van der Waals surface area (Å²) >= 11 is 12.9. The summed E-state index contributed by atoms with van der Waals surface area (Å²) in [7, 11) is 0. The number of carbonyl (C=O) groups excluding carboxylic acids is 2. The average Bonchev–Trinajstić information content (AvgIpc) is 2.77. The lowest BCUT2D eigenvalue weighted by molar-refractivity contribution is -0.135. The van der Waals surface area contributed by atoms with Crippen LogP contribution in [-0.2, 0) is 14.3 Å². The number of ketones is 2. The Morgan fingerprint density at radius 1 is 1.05 bits per heavy atom. The largest absolute Gasteiger partial charge is 0.316 e. The van der Waals surface area contributed by atoms with Gasteiger partial charge in [-0.3, -0.25) is 9.59 Å². The monoisotopic (exact) mass is 308 g/mol. The Morgan fingerprint density at radius 2 is 1.45 bits per heavy atom. The van der Waals surface area contributed by atoms with Crippen LogP contribution in [0.2, 0.25) is 0 Å². The molecular weight excluding hydrogens is 303 g/mol. The van der Waals surface area contributed by atoms with Crippen molar-refractivity contribution in [1.29, 1.82) is 10.5 Å². The maximum absolute atomic E-state index is 12.7. The second-order valence-corrected chi connectivity index (χ2v) is 6.80. The molecule has 0 radical (unpaired) electrons. The van der Waals surface area contributed by atoms with Crippen molar-refractivity contribution in [3.63, 3.8) is 0 Å². The molecule has 6 unspecified atom stereocenters. The van der Waals surface area contributed by atoms with Crippen molar-refractivity contribution in [2.24, 2.45) is 11.8 Å². The van der Waals surface area contributed by atoms with E-state index in [4.69, 9.17) is 27.9 Å². The van der Waals surface area contributed by atoms with Crippen molar-refractivity contribution in [2.75, 3.05) is 0 Å². The van der Waals surface area contributed by atoms with Gasteiger partial charge in [-0.15, -0.1) is 23.2 Å². The third-order valence-electron chi connectivity index (χ3n) is 5.01. The number of hydrogen-bond acceptors (Lipinski definition) is 5. The van der Waals surface area contributed by atoms with E-state index in [1.807, 2.05) is 0 Å². The molecule has 4 rings (SSSR count). The van der Waals surface area contributed by atoms with E-state index in [-0.39, 0.29) is 0 Å². The lowest BCUT2D eigenvalue weighted by Crippen LogP contribution is -2.70. The molecule has 1 saturated heterocycles. The Balaban J connectivity index is 2.04. The molecule has 2 saturated carbocycles. The van der Waals surface area contributed by atoms with Gasteiger partial charge < -0.3 is 4.74 Å². The number of fused-ring (bicyclic) bond motifs is 6. The molecule has 5 nitrogen and oxygen atoms in total. The third-order valence-corrected chi connectivity index (χ3v) is 6.61. The molecular formula is C13H6Cl2N2O3. The molecule has 0 aromatic carbocycles. The first-order valence-corrected chi connectivity index (χ1v) is 6.79. The highest BCUT2D eigenvalue weighted by Gasteiger charge is 2.94. The van der Waals surface area contributed by atoms with E-state index in [2.05, 4.69) is 0 Å². The fourth-order valence-corrected chi connectivity index (χ4v) is 4.97. The lowest BCUT2D eigenvalue weighted by Gasteiger charge is -2.44. The highest BCUT2D eigenvalue weighted by Crippen LogP contribution is 2.70. The Labute approximate surface area is 123 Å². The molecule has 6 atom stereocenters. The Kier molecular flexibility index (Phi) is 1.82. The molecule has 0 N–H and O–H groups in total. The number of nitriles is 2. The molecule has 1 heterocycles. The summed E-state index contributed by atoms with van der Waals surface area (Å²) in [6.07, 6.45) is 3.96. The van der Waals surface area contributed by atoms with Crippen LogP contribution in [0.3, 0.4) is 0 Å². The number of alkyl halides is 2.